The van der Waals surface area contributed by atoms with E-state index in [2.05, 4.69) is 20.4 Å². The number of benzene rings is 1. The predicted octanol–water partition coefficient (Wildman–Crippen LogP) is 2.73. The Hall–Kier alpha value is -2.50. The van der Waals surface area contributed by atoms with Gasteiger partial charge in [0.15, 0.2) is 0 Å². The zero-order valence-corrected chi connectivity index (χ0v) is 12.2. The summed E-state index contributed by atoms with van der Waals surface area (Å²) in [6.45, 7) is 4.59. The van der Waals surface area contributed by atoms with E-state index in [1.54, 1.807) is 6.07 Å². The van der Waals surface area contributed by atoms with Crippen LogP contribution in [-0.4, -0.2) is 19.7 Å². The van der Waals surface area contributed by atoms with Crippen molar-refractivity contribution in [3.63, 3.8) is 0 Å². The van der Waals surface area contributed by atoms with E-state index in [9.17, 15) is 4.39 Å². The van der Waals surface area contributed by atoms with Crippen molar-refractivity contribution in [1.82, 2.24) is 19.7 Å². The smallest absolute Gasteiger partial charge is 0.137 e. The lowest BCUT2D eigenvalue weighted by molar-refractivity contribution is 0.629. The van der Waals surface area contributed by atoms with E-state index in [4.69, 9.17) is 0 Å². The highest BCUT2D eigenvalue weighted by Gasteiger charge is 2.10. The molecule has 1 N–H and O–H groups in total. The molecule has 0 fully saturated rings. The first-order valence-corrected chi connectivity index (χ1v) is 6.69. The fourth-order valence-corrected chi connectivity index (χ4v) is 2.42. The molecular formula is C15H16FN5. The van der Waals surface area contributed by atoms with Crippen LogP contribution in [0.5, 0.6) is 0 Å². The quantitative estimate of drug-likeness (QED) is 0.804. The second-order valence-corrected chi connectivity index (χ2v) is 5.01. The highest BCUT2D eigenvalue weighted by atomic mass is 19.1. The summed E-state index contributed by atoms with van der Waals surface area (Å²) >= 11 is 0. The minimum absolute atomic E-state index is 0.297. The summed E-state index contributed by atoms with van der Waals surface area (Å²) in [6, 6.07) is 4.49. The molecule has 0 saturated heterocycles. The van der Waals surface area contributed by atoms with Crippen LogP contribution in [0.3, 0.4) is 0 Å². The number of nitrogens with zero attached hydrogens (tertiary/aromatic N) is 4. The Morgan fingerprint density at radius 1 is 1.24 bits per heavy atom. The second-order valence-electron chi connectivity index (χ2n) is 5.01. The molecule has 3 aromatic rings. The van der Waals surface area contributed by atoms with E-state index in [0.717, 1.165) is 17.0 Å². The predicted molar refractivity (Wildman–Crippen MR) is 79.5 cm³/mol. The SMILES string of the molecule is Cc1nn(C)c(C)c1CNc1ncnc2ccc(F)cc12. The molecule has 0 amide bonds. The number of halogens is 1. The van der Waals surface area contributed by atoms with Crippen molar-refractivity contribution in [2.24, 2.45) is 7.05 Å². The Bertz CT molecular complexity index is 809. The van der Waals surface area contributed by atoms with Gasteiger partial charge in [-0.2, -0.15) is 5.10 Å². The Kier molecular flexibility index (Phi) is 3.29. The number of nitrogens with one attached hydrogen (secondary N) is 1. The van der Waals surface area contributed by atoms with Gasteiger partial charge in [-0.3, -0.25) is 4.68 Å². The number of anilines is 1. The molecule has 2 heterocycles. The van der Waals surface area contributed by atoms with E-state index in [-0.39, 0.29) is 5.82 Å². The first kappa shape index (κ1) is 13.5. The van der Waals surface area contributed by atoms with E-state index in [1.165, 1.54) is 18.5 Å². The molecule has 0 radical (unpaired) electrons. The molecule has 1 aromatic carbocycles. The minimum atomic E-state index is -0.297. The summed E-state index contributed by atoms with van der Waals surface area (Å²) in [4.78, 5) is 8.36. The van der Waals surface area contributed by atoms with Gasteiger partial charge in [-0.1, -0.05) is 0 Å². The highest BCUT2D eigenvalue weighted by Crippen LogP contribution is 2.21. The van der Waals surface area contributed by atoms with Gasteiger partial charge in [0.05, 0.1) is 11.2 Å². The van der Waals surface area contributed by atoms with Crippen LogP contribution in [0.2, 0.25) is 0 Å². The molecular weight excluding hydrogens is 269 g/mol. The number of aryl methyl sites for hydroxylation is 2. The number of fused-ring (bicyclic) bond motifs is 1. The first-order chi connectivity index (χ1) is 10.1. The van der Waals surface area contributed by atoms with Crippen molar-refractivity contribution in [3.8, 4) is 0 Å². The van der Waals surface area contributed by atoms with Crippen molar-refractivity contribution >= 4 is 16.7 Å². The summed E-state index contributed by atoms with van der Waals surface area (Å²) in [5.41, 5.74) is 3.92. The van der Waals surface area contributed by atoms with Gasteiger partial charge in [-0.15, -0.1) is 0 Å². The van der Waals surface area contributed by atoms with Gasteiger partial charge >= 0.3 is 0 Å². The van der Waals surface area contributed by atoms with Crippen molar-refractivity contribution in [1.29, 1.82) is 0 Å². The second kappa shape index (κ2) is 5.12. The Morgan fingerprint density at radius 2 is 2.05 bits per heavy atom. The molecule has 5 nitrogen and oxygen atoms in total. The Morgan fingerprint density at radius 3 is 2.76 bits per heavy atom. The monoisotopic (exact) mass is 285 g/mol. The van der Waals surface area contributed by atoms with Crippen molar-refractivity contribution in [3.05, 3.63) is 47.3 Å². The van der Waals surface area contributed by atoms with Crippen LogP contribution < -0.4 is 5.32 Å². The lowest BCUT2D eigenvalue weighted by Gasteiger charge is -2.08. The van der Waals surface area contributed by atoms with Crippen LogP contribution in [0.4, 0.5) is 10.2 Å². The molecule has 0 aliphatic carbocycles. The molecule has 0 atom stereocenters. The summed E-state index contributed by atoms with van der Waals surface area (Å²) in [5.74, 6) is 0.330. The highest BCUT2D eigenvalue weighted by molar-refractivity contribution is 5.88. The molecule has 0 spiro atoms. The lowest BCUT2D eigenvalue weighted by Crippen LogP contribution is -2.05. The Labute approximate surface area is 121 Å². The van der Waals surface area contributed by atoms with Crippen molar-refractivity contribution in [2.75, 3.05) is 5.32 Å². The topological polar surface area (TPSA) is 55.6 Å². The third-order valence-corrected chi connectivity index (χ3v) is 3.69. The molecule has 108 valence electrons. The molecule has 0 unspecified atom stereocenters. The number of hydrogen-bond acceptors (Lipinski definition) is 4. The summed E-state index contributed by atoms with van der Waals surface area (Å²) in [7, 11) is 1.92. The fraction of sp³-hybridized carbons (Fsp3) is 0.267. The van der Waals surface area contributed by atoms with Crippen LogP contribution in [0.25, 0.3) is 10.9 Å². The summed E-state index contributed by atoms with van der Waals surface area (Å²) in [5, 5.41) is 8.32. The molecule has 0 aliphatic heterocycles. The summed E-state index contributed by atoms with van der Waals surface area (Å²) < 4.78 is 15.3. The molecule has 21 heavy (non-hydrogen) atoms. The van der Waals surface area contributed by atoms with Gasteiger partial charge in [-0.05, 0) is 32.0 Å². The maximum absolute atomic E-state index is 13.4. The van der Waals surface area contributed by atoms with Crippen LogP contribution >= 0.6 is 0 Å². The zero-order valence-electron chi connectivity index (χ0n) is 12.2. The van der Waals surface area contributed by atoms with Gasteiger partial charge in [0.1, 0.15) is 18.0 Å². The maximum Gasteiger partial charge on any atom is 0.137 e. The fourth-order valence-electron chi connectivity index (χ4n) is 2.42. The third kappa shape index (κ3) is 2.44. The van der Waals surface area contributed by atoms with Crippen molar-refractivity contribution < 1.29 is 4.39 Å². The maximum atomic E-state index is 13.4. The van der Waals surface area contributed by atoms with Crippen LogP contribution in [0, 0.1) is 19.7 Å². The third-order valence-electron chi connectivity index (χ3n) is 3.69. The largest absolute Gasteiger partial charge is 0.365 e. The molecule has 3 rings (SSSR count). The molecule has 0 bridgehead atoms. The summed E-state index contributed by atoms with van der Waals surface area (Å²) in [6.07, 6.45) is 1.48. The Balaban J connectivity index is 1.93. The van der Waals surface area contributed by atoms with E-state index >= 15 is 0 Å². The standard InChI is InChI=1S/C15H16FN5/c1-9-13(10(2)21(3)20-9)7-17-15-12-6-11(16)4-5-14(12)18-8-19-15/h4-6,8H,7H2,1-3H3,(H,17,18,19). The number of rotatable bonds is 3. The van der Waals surface area contributed by atoms with E-state index in [0.29, 0.717) is 23.3 Å². The number of aromatic nitrogens is 4. The average Bonchev–Trinajstić information content (AvgIpc) is 2.70. The van der Waals surface area contributed by atoms with E-state index < -0.39 is 0 Å². The van der Waals surface area contributed by atoms with Gasteiger partial charge in [0, 0.05) is 30.2 Å². The molecule has 0 aliphatic rings. The van der Waals surface area contributed by atoms with Crippen LogP contribution in [-0.2, 0) is 13.6 Å². The number of hydrogen-bond donors (Lipinski definition) is 1. The van der Waals surface area contributed by atoms with Gasteiger partial charge in [0.25, 0.3) is 0 Å². The molecule has 6 heteroatoms. The minimum Gasteiger partial charge on any atom is -0.365 e. The first-order valence-electron chi connectivity index (χ1n) is 6.69. The van der Waals surface area contributed by atoms with Crippen LogP contribution in [0.1, 0.15) is 17.0 Å². The lowest BCUT2D eigenvalue weighted by atomic mass is 10.2. The molecule has 0 saturated carbocycles. The van der Waals surface area contributed by atoms with E-state index in [1.807, 2.05) is 25.6 Å². The average molecular weight is 285 g/mol. The zero-order chi connectivity index (χ0) is 15.0. The molecule has 2 aromatic heterocycles. The van der Waals surface area contributed by atoms with Gasteiger partial charge < -0.3 is 5.32 Å². The van der Waals surface area contributed by atoms with Crippen molar-refractivity contribution in [2.45, 2.75) is 20.4 Å². The van der Waals surface area contributed by atoms with Gasteiger partial charge in [-0.25, -0.2) is 14.4 Å². The van der Waals surface area contributed by atoms with Gasteiger partial charge in [0.2, 0.25) is 0 Å². The normalized spacial score (nSPS) is 11.0. The van der Waals surface area contributed by atoms with Crippen LogP contribution in [0.15, 0.2) is 24.5 Å².